The molecule has 66 valence electrons. The Labute approximate surface area is 73.8 Å². The number of aliphatic hydroxyl groups is 1. The van der Waals surface area contributed by atoms with Gasteiger partial charge in [0, 0.05) is 6.20 Å². The van der Waals surface area contributed by atoms with Gasteiger partial charge in [0.05, 0.1) is 24.7 Å². The van der Waals surface area contributed by atoms with Gasteiger partial charge in [-0.05, 0) is 0 Å². The van der Waals surface area contributed by atoms with Crippen LogP contribution in [0.25, 0.3) is 0 Å². The topological polar surface area (TPSA) is 51.6 Å². The van der Waals surface area contributed by atoms with Crippen LogP contribution >= 0.6 is 11.3 Å². The molecule has 2 heterocycles. The lowest BCUT2D eigenvalue weighted by Crippen LogP contribution is -1.93. The van der Waals surface area contributed by atoms with Crippen LogP contribution in [0.15, 0.2) is 6.20 Å². The molecule has 0 atom stereocenters. The molecule has 5 heteroatoms. The highest BCUT2D eigenvalue weighted by atomic mass is 32.1. The van der Waals surface area contributed by atoms with Gasteiger partial charge in [0.1, 0.15) is 5.01 Å². The fourth-order valence-electron chi connectivity index (χ4n) is 1.03. The summed E-state index contributed by atoms with van der Waals surface area (Å²) in [6, 6.07) is 0. The van der Waals surface area contributed by atoms with Crippen LogP contribution < -0.4 is 0 Å². The number of hydrogen-bond donors (Lipinski definition) is 1. The van der Waals surface area contributed by atoms with Crippen LogP contribution in [-0.4, -0.2) is 23.3 Å². The van der Waals surface area contributed by atoms with E-state index in [4.69, 9.17) is 14.6 Å². The molecule has 1 aromatic rings. The van der Waals surface area contributed by atoms with E-state index in [0.717, 1.165) is 4.88 Å². The van der Waals surface area contributed by atoms with E-state index in [1.165, 1.54) is 11.3 Å². The summed E-state index contributed by atoms with van der Waals surface area (Å²) < 4.78 is 10.5. The number of aliphatic hydroxyl groups excluding tert-OH is 1. The van der Waals surface area contributed by atoms with Gasteiger partial charge in [-0.25, -0.2) is 4.98 Å². The fraction of sp³-hybridized carbons (Fsp3) is 0.571. The van der Waals surface area contributed by atoms with Crippen molar-refractivity contribution in [3.8, 4) is 0 Å². The van der Waals surface area contributed by atoms with Crippen LogP contribution in [0, 0.1) is 0 Å². The Hall–Kier alpha value is -0.490. The molecule has 0 unspecified atom stereocenters. The average molecular weight is 187 g/mol. The van der Waals surface area contributed by atoms with Crippen molar-refractivity contribution in [3.05, 3.63) is 16.1 Å². The van der Waals surface area contributed by atoms with Crippen molar-refractivity contribution in [2.75, 3.05) is 13.2 Å². The number of hydrogen-bond acceptors (Lipinski definition) is 5. The highest BCUT2D eigenvalue weighted by molar-refractivity contribution is 7.11. The van der Waals surface area contributed by atoms with Crippen molar-refractivity contribution >= 4 is 11.3 Å². The third kappa shape index (κ3) is 1.49. The first-order valence-electron chi connectivity index (χ1n) is 3.69. The van der Waals surface area contributed by atoms with Crippen LogP contribution in [0.3, 0.4) is 0 Å². The van der Waals surface area contributed by atoms with Crippen LogP contribution in [-0.2, 0) is 16.1 Å². The van der Waals surface area contributed by atoms with Crippen molar-refractivity contribution in [3.63, 3.8) is 0 Å². The molecular weight excluding hydrogens is 178 g/mol. The zero-order chi connectivity index (χ0) is 8.39. The Morgan fingerprint density at radius 3 is 2.92 bits per heavy atom. The molecular formula is C7H9NO3S. The summed E-state index contributed by atoms with van der Waals surface area (Å²) in [4.78, 5) is 4.92. The second-order valence-electron chi connectivity index (χ2n) is 2.39. The first kappa shape index (κ1) is 8.12. The molecule has 0 amide bonds. The normalized spacial score (nSPS) is 18.8. The monoisotopic (exact) mass is 187 g/mol. The van der Waals surface area contributed by atoms with E-state index in [2.05, 4.69) is 4.98 Å². The summed E-state index contributed by atoms with van der Waals surface area (Å²) in [5.41, 5.74) is 0. The fourth-order valence-corrected chi connectivity index (χ4v) is 1.81. The molecule has 0 radical (unpaired) electrons. The summed E-state index contributed by atoms with van der Waals surface area (Å²) in [5.74, 6) is 0. The molecule has 1 aromatic heterocycles. The number of ether oxygens (including phenoxy) is 2. The van der Waals surface area contributed by atoms with E-state index >= 15 is 0 Å². The molecule has 0 bridgehead atoms. The van der Waals surface area contributed by atoms with Gasteiger partial charge in [-0.3, -0.25) is 0 Å². The number of aromatic nitrogens is 1. The first-order valence-corrected chi connectivity index (χ1v) is 4.50. The lowest BCUT2D eigenvalue weighted by Gasteiger charge is -2.03. The highest BCUT2D eigenvalue weighted by Gasteiger charge is 2.20. The molecule has 12 heavy (non-hydrogen) atoms. The minimum absolute atomic E-state index is 0.0165. The second kappa shape index (κ2) is 3.49. The Bertz CT molecular complexity index is 257. The summed E-state index contributed by atoms with van der Waals surface area (Å²) in [6.45, 7) is 1.26. The average Bonchev–Trinajstić information content (AvgIpc) is 2.75. The first-order chi connectivity index (χ1) is 5.90. The Morgan fingerprint density at radius 1 is 1.58 bits per heavy atom. The lowest BCUT2D eigenvalue weighted by atomic mass is 10.5. The van der Waals surface area contributed by atoms with Gasteiger partial charge < -0.3 is 14.6 Å². The van der Waals surface area contributed by atoms with E-state index in [9.17, 15) is 0 Å². The maximum Gasteiger partial charge on any atom is 0.194 e. The van der Waals surface area contributed by atoms with Gasteiger partial charge in [-0.2, -0.15) is 0 Å². The Kier molecular flexibility index (Phi) is 2.36. The molecule has 0 spiro atoms. The standard InChI is InChI=1S/C7H9NO3S/c9-4-6-8-3-5(12-6)7-10-1-2-11-7/h3,7,9H,1-2,4H2. The molecule has 0 aliphatic carbocycles. The molecule has 1 aliphatic heterocycles. The number of thiazole rings is 1. The Balaban J connectivity index is 2.11. The van der Waals surface area contributed by atoms with E-state index in [1.807, 2.05) is 0 Å². The molecule has 2 rings (SSSR count). The van der Waals surface area contributed by atoms with E-state index in [0.29, 0.717) is 18.2 Å². The van der Waals surface area contributed by atoms with Crippen molar-refractivity contribution in [2.45, 2.75) is 12.9 Å². The van der Waals surface area contributed by atoms with Gasteiger partial charge in [-0.15, -0.1) is 11.3 Å². The van der Waals surface area contributed by atoms with E-state index in [-0.39, 0.29) is 12.9 Å². The van der Waals surface area contributed by atoms with Crippen molar-refractivity contribution in [2.24, 2.45) is 0 Å². The Morgan fingerprint density at radius 2 is 2.33 bits per heavy atom. The molecule has 1 N–H and O–H groups in total. The van der Waals surface area contributed by atoms with Crippen molar-refractivity contribution < 1.29 is 14.6 Å². The third-order valence-electron chi connectivity index (χ3n) is 1.56. The van der Waals surface area contributed by atoms with Crippen LogP contribution in [0.2, 0.25) is 0 Å². The molecule has 1 fully saturated rings. The van der Waals surface area contributed by atoms with Gasteiger partial charge in [0.15, 0.2) is 6.29 Å². The predicted molar refractivity (Wildman–Crippen MR) is 42.7 cm³/mol. The smallest absolute Gasteiger partial charge is 0.194 e. The summed E-state index contributed by atoms with van der Waals surface area (Å²) in [7, 11) is 0. The van der Waals surface area contributed by atoms with Gasteiger partial charge in [0.25, 0.3) is 0 Å². The minimum Gasteiger partial charge on any atom is -0.389 e. The maximum atomic E-state index is 8.76. The largest absolute Gasteiger partial charge is 0.389 e. The number of rotatable bonds is 2. The molecule has 4 nitrogen and oxygen atoms in total. The van der Waals surface area contributed by atoms with Gasteiger partial charge in [0.2, 0.25) is 0 Å². The molecule has 1 saturated heterocycles. The van der Waals surface area contributed by atoms with Crippen LogP contribution in [0.5, 0.6) is 0 Å². The SMILES string of the molecule is OCc1ncc(C2OCCO2)s1. The second-order valence-corrected chi connectivity index (χ2v) is 3.53. The molecule has 1 aliphatic rings. The van der Waals surface area contributed by atoms with Gasteiger partial charge in [-0.1, -0.05) is 0 Å². The summed E-state index contributed by atoms with van der Waals surface area (Å²) in [5, 5.41) is 9.46. The van der Waals surface area contributed by atoms with Gasteiger partial charge >= 0.3 is 0 Å². The van der Waals surface area contributed by atoms with Crippen LogP contribution in [0.4, 0.5) is 0 Å². The van der Waals surface area contributed by atoms with E-state index < -0.39 is 0 Å². The number of nitrogens with zero attached hydrogens (tertiary/aromatic N) is 1. The predicted octanol–water partition coefficient (Wildman–Crippen LogP) is 0.681. The molecule has 0 saturated carbocycles. The molecule has 0 aromatic carbocycles. The zero-order valence-corrected chi connectivity index (χ0v) is 7.21. The van der Waals surface area contributed by atoms with E-state index in [1.54, 1.807) is 6.20 Å². The summed E-state index contributed by atoms with van der Waals surface area (Å²) in [6.07, 6.45) is 1.43. The van der Waals surface area contributed by atoms with Crippen molar-refractivity contribution in [1.29, 1.82) is 0 Å². The van der Waals surface area contributed by atoms with Crippen molar-refractivity contribution in [1.82, 2.24) is 4.98 Å². The quantitative estimate of drug-likeness (QED) is 0.739. The lowest BCUT2D eigenvalue weighted by molar-refractivity contribution is -0.0414. The highest BCUT2D eigenvalue weighted by Crippen LogP contribution is 2.27. The van der Waals surface area contributed by atoms with Crippen LogP contribution in [0.1, 0.15) is 16.2 Å². The third-order valence-corrected chi connectivity index (χ3v) is 2.56. The minimum atomic E-state index is -0.261. The summed E-state index contributed by atoms with van der Waals surface area (Å²) >= 11 is 1.42. The maximum absolute atomic E-state index is 8.76. The zero-order valence-electron chi connectivity index (χ0n) is 6.40.